The van der Waals surface area contributed by atoms with E-state index in [-0.39, 0.29) is 17.8 Å². The molecule has 8 nitrogen and oxygen atoms in total. The van der Waals surface area contributed by atoms with E-state index >= 15 is 0 Å². The van der Waals surface area contributed by atoms with Crippen LogP contribution in [0.25, 0.3) is 0 Å². The maximum atomic E-state index is 12.6. The zero-order valence-electron chi connectivity index (χ0n) is 15.0. The molecule has 0 bridgehead atoms. The number of carbonyl (C=O) groups is 1. The molecule has 0 radical (unpaired) electrons. The molecule has 0 aliphatic carbocycles. The van der Waals surface area contributed by atoms with E-state index in [4.69, 9.17) is 11.6 Å². The molecule has 146 valence electrons. The molecule has 0 aliphatic rings. The van der Waals surface area contributed by atoms with Crippen LogP contribution in [0.4, 0.5) is 5.69 Å². The molecular weight excluding hydrogens is 396 g/mol. The molecule has 3 rings (SSSR count). The van der Waals surface area contributed by atoms with Crippen molar-refractivity contribution < 1.29 is 9.72 Å². The van der Waals surface area contributed by atoms with Crippen LogP contribution in [0.2, 0.25) is 5.02 Å². The standard InChI is InChI=1S/C20H15ClN4O4/c21-16-8-6-14(7-9-16)13-24-10-2-5-18(20(24)27)19(26)23-22-12-15-3-1-4-17(11-15)25(28)29/h1-12H,13H2,(H,23,26)/b22-12-. The molecule has 1 N–H and O–H groups in total. The highest BCUT2D eigenvalue weighted by Crippen LogP contribution is 2.12. The van der Waals surface area contributed by atoms with Gasteiger partial charge in [0, 0.05) is 28.9 Å². The zero-order valence-corrected chi connectivity index (χ0v) is 15.7. The number of aromatic nitrogens is 1. The first-order valence-electron chi connectivity index (χ1n) is 8.46. The van der Waals surface area contributed by atoms with Gasteiger partial charge in [-0.25, -0.2) is 5.43 Å². The van der Waals surface area contributed by atoms with E-state index in [0.717, 1.165) is 5.56 Å². The Hall–Kier alpha value is -3.78. The summed E-state index contributed by atoms with van der Waals surface area (Å²) in [5, 5.41) is 15.2. The van der Waals surface area contributed by atoms with Crippen LogP contribution < -0.4 is 11.0 Å². The number of carbonyl (C=O) groups excluding carboxylic acids is 1. The lowest BCUT2D eigenvalue weighted by Gasteiger charge is -2.08. The van der Waals surface area contributed by atoms with E-state index in [1.54, 1.807) is 42.6 Å². The predicted molar refractivity (Wildman–Crippen MR) is 109 cm³/mol. The van der Waals surface area contributed by atoms with Gasteiger partial charge in [0.05, 0.1) is 17.7 Å². The molecule has 0 aliphatic heterocycles. The van der Waals surface area contributed by atoms with Crippen molar-refractivity contribution in [3.8, 4) is 0 Å². The van der Waals surface area contributed by atoms with Crippen molar-refractivity contribution in [1.29, 1.82) is 0 Å². The number of rotatable bonds is 6. The minimum absolute atomic E-state index is 0.0716. The first kappa shape index (κ1) is 20.0. The number of hydrogen-bond acceptors (Lipinski definition) is 5. The molecule has 0 saturated heterocycles. The maximum Gasteiger partial charge on any atom is 0.276 e. The van der Waals surface area contributed by atoms with Gasteiger partial charge in [-0.15, -0.1) is 0 Å². The largest absolute Gasteiger partial charge is 0.310 e. The Morgan fingerprint density at radius 2 is 1.93 bits per heavy atom. The Morgan fingerprint density at radius 3 is 2.66 bits per heavy atom. The SMILES string of the molecule is O=C(N/N=C\c1cccc([N+](=O)[O-])c1)c1cccn(Cc2ccc(Cl)cc2)c1=O. The number of halogens is 1. The first-order valence-corrected chi connectivity index (χ1v) is 8.83. The fraction of sp³-hybridized carbons (Fsp3) is 0.0500. The van der Waals surface area contributed by atoms with Gasteiger partial charge in [-0.2, -0.15) is 5.10 Å². The average Bonchev–Trinajstić information content (AvgIpc) is 2.71. The average molecular weight is 411 g/mol. The Labute approximate surface area is 170 Å². The summed E-state index contributed by atoms with van der Waals surface area (Å²) < 4.78 is 1.41. The van der Waals surface area contributed by atoms with Crippen LogP contribution in [0.5, 0.6) is 0 Å². The highest BCUT2D eigenvalue weighted by molar-refractivity contribution is 6.30. The van der Waals surface area contributed by atoms with Crippen molar-refractivity contribution in [2.45, 2.75) is 6.54 Å². The Balaban J connectivity index is 1.72. The maximum absolute atomic E-state index is 12.6. The van der Waals surface area contributed by atoms with Crippen molar-refractivity contribution in [1.82, 2.24) is 9.99 Å². The molecule has 0 atom stereocenters. The molecule has 0 fully saturated rings. The van der Waals surface area contributed by atoms with E-state index in [9.17, 15) is 19.7 Å². The summed E-state index contributed by atoms with van der Waals surface area (Å²) in [6.45, 7) is 0.286. The van der Waals surface area contributed by atoms with Crippen LogP contribution in [0.1, 0.15) is 21.5 Å². The van der Waals surface area contributed by atoms with Gasteiger partial charge in [0.1, 0.15) is 5.56 Å². The van der Waals surface area contributed by atoms with Crippen LogP contribution in [0.15, 0.2) is 76.8 Å². The molecule has 29 heavy (non-hydrogen) atoms. The number of hydrazone groups is 1. The van der Waals surface area contributed by atoms with Crippen molar-refractivity contribution in [2.75, 3.05) is 0 Å². The number of nitro groups is 1. The molecule has 0 spiro atoms. The summed E-state index contributed by atoms with van der Waals surface area (Å²) >= 11 is 5.86. The third-order valence-electron chi connectivity index (χ3n) is 3.99. The number of nitro benzene ring substituents is 1. The van der Waals surface area contributed by atoms with Crippen LogP contribution in [0.3, 0.4) is 0 Å². The Morgan fingerprint density at radius 1 is 1.17 bits per heavy atom. The van der Waals surface area contributed by atoms with Gasteiger partial charge >= 0.3 is 0 Å². The number of nitrogens with one attached hydrogen (secondary N) is 1. The molecule has 1 aromatic heterocycles. The summed E-state index contributed by atoms with van der Waals surface area (Å²) in [7, 11) is 0. The van der Waals surface area contributed by atoms with Gasteiger partial charge in [-0.3, -0.25) is 19.7 Å². The summed E-state index contributed by atoms with van der Waals surface area (Å²) in [6.07, 6.45) is 2.85. The molecular formula is C20H15ClN4O4. The minimum Gasteiger partial charge on any atom is -0.310 e. The van der Waals surface area contributed by atoms with Gasteiger partial charge in [0.25, 0.3) is 17.2 Å². The van der Waals surface area contributed by atoms with Gasteiger partial charge in [-0.1, -0.05) is 35.9 Å². The molecule has 0 unspecified atom stereocenters. The van der Waals surface area contributed by atoms with Crippen molar-refractivity contribution in [2.24, 2.45) is 5.10 Å². The van der Waals surface area contributed by atoms with Crippen molar-refractivity contribution in [3.05, 3.63) is 109 Å². The number of non-ortho nitro benzene ring substituents is 1. The smallest absolute Gasteiger partial charge is 0.276 e. The summed E-state index contributed by atoms with van der Waals surface area (Å²) in [4.78, 5) is 35.2. The third kappa shape index (κ3) is 5.14. The third-order valence-corrected chi connectivity index (χ3v) is 4.24. The number of amides is 1. The Kier molecular flexibility index (Phi) is 6.16. The van der Waals surface area contributed by atoms with Gasteiger partial charge in [0.2, 0.25) is 0 Å². The lowest BCUT2D eigenvalue weighted by molar-refractivity contribution is -0.384. The molecule has 3 aromatic rings. The van der Waals surface area contributed by atoms with Crippen LogP contribution >= 0.6 is 11.6 Å². The lowest BCUT2D eigenvalue weighted by Crippen LogP contribution is -2.30. The van der Waals surface area contributed by atoms with Gasteiger partial charge < -0.3 is 4.57 Å². The van der Waals surface area contributed by atoms with E-state index < -0.39 is 16.4 Å². The fourth-order valence-corrected chi connectivity index (χ4v) is 2.69. The summed E-state index contributed by atoms with van der Waals surface area (Å²) in [6, 6.07) is 15.8. The van der Waals surface area contributed by atoms with Crippen LogP contribution in [0, 0.1) is 10.1 Å². The van der Waals surface area contributed by atoms with Gasteiger partial charge in [0.15, 0.2) is 0 Å². The number of nitrogens with zero attached hydrogens (tertiary/aromatic N) is 3. The van der Waals surface area contributed by atoms with Crippen molar-refractivity contribution in [3.63, 3.8) is 0 Å². The highest BCUT2D eigenvalue weighted by Gasteiger charge is 2.12. The lowest BCUT2D eigenvalue weighted by atomic mass is 10.2. The van der Waals surface area contributed by atoms with Crippen LogP contribution in [-0.2, 0) is 6.54 Å². The number of pyridine rings is 1. The predicted octanol–water partition coefficient (Wildman–Crippen LogP) is 3.22. The topological polar surface area (TPSA) is 107 Å². The Bertz CT molecular complexity index is 1140. The first-order chi connectivity index (χ1) is 13.9. The van der Waals surface area contributed by atoms with E-state index in [0.29, 0.717) is 10.6 Å². The second kappa shape index (κ2) is 8.94. The van der Waals surface area contributed by atoms with Gasteiger partial charge in [-0.05, 0) is 29.8 Å². The molecule has 2 aromatic carbocycles. The fourth-order valence-electron chi connectivity index (χ4n) is 2.57. The van der Waals surface area contributed by atoms with E-state index in [1.807, 2.05) is 0 Å². The summed E-state index contributed by atoms with van der Waals surface area (Å²) in [5.41, 5.74) is 2.93. The minimum atomic E-state index is -0.679. The summed E-state index contributed by atoms with van der Waals surface area (Å²) in [5.74, 6) is -0.679. The molecule has 1 heterocycles. The second-order valence-corrected chi connectivity index (χ2v) is 6.47. The quantitative estimate of drug-likeness (QED) is 0.382. The highest BCUT2D eigenvalue weighted by atomic mass is 35.5. The monoisotopic (exact) mass is 410 g/mol. The van der Waals surface area contributed by atoms with E-state index in [2.05, 4.69) is 10.5 Å². The van der Waals surface area contributed by atoms with E-state index in [1.165, 1.54) is 35.0 Å². The van der Waals surface area contributed by atoms with Crippen molar-refractivity contribution >= 4 is 29.4 Å². The number of benzene rings is 2. The number of hydrogen-bond donors (Lipinski definition) is 1. The second-order valence-electron chi connectivity index (χ2n) is 6.03. The molecule has 9 heteroatoms. The normalized spacial score (nSPS) is 10.8. The molecule has 0 saturated carbocycles. The zero-order chi connectivity index (χ0) is 20.8. The van der Waals surface area contributed by atoms with Crippen LogP contribution in [-0.4, -0.2) is 21.6 Å². The molecule has 1 amide bonds.